The van der Waals surface area contributed by atoms with Crippen LogP contribution in [0.4, 0.5) is 10.1 Å². The molecule has 4 nitrogen and oxygen atoms in total. The smallest absolute Gasteiger partial charge is 0.338 e. The number of aryl methyl sites for hydroxylation is 3. The molecule has 0 atom stereocenters. The highest BCUT2D eigenvalue weighted by atomic mass is 19.1. The number of ether oxygens (including phenoxy) is 1. The van der Waals surface area contributed by atoms with Crippen molar-refractivity contribution >= 4 is 17.6 Å². The third kappa shape index (κ3) is 4.64. The zero-order valence-corrected chi connectivity index (χ0v) is 13.3. The summed E-state index contributed by atoms with van der Waals surface area (Å²) < 4.78 is 18.6. The van der Waals surface area contributed by atoms with Crippen molar-refractivity contribution in [3.8, 4) is 0 Å². The van der Waals surface area contributed by atoms with Crippen LogP contribution in [0.5, 0.6) is 0 Å². The van der Waals surface area contributed by atoms with Gasteiger partial charge >= 0.3 is 5.97 Å². The number of hydrogen-bond acceptors (Lipinski definition) is 3. The van der Waals surface area contributed by atoms with E-state index in [1.807, 2.05) is 19.9 Å². The van der Waals surface area contributed by atoms with Crippen LogP contribution in [0.15, 0.2) is 36.4 Å². The Morgan fingerprint density at radius 1 is 1.00 bits per heavy atom. The van der Waals surface area contributed by atoms with Gasteiger partial charge in [0.15, 0.2) is 6.61 Å². The molecule has 0 spiro atoms. The average molecular weight is 315 g/mol. The number of nitrogens with one attached hydrogen (secondary N) is 1. The molecular formula is C18H18FNO3. The predicted molar refractivity (Wildman–Crippen MR) is 86.0 cm³/mol. The molecule has 2 aromatic carbocycles. The molecule has 0 aliphatic carbocycles. The van der Waals surface area contributed by atoms with Gasteiger partial charge in [0, 0.05) is 0 Å². The Kier molecular flexibility index (Phi) is 5.11. The van der Waals surface area contributed by atoms with Gasteiger partial charge in [-0.3, -0.25) is 4.79 Å². The molecule has 0 aliphatic rings. The van der Waals surface area contributed by atoms with E-state index in [2.05, 4.69) is 5.32 Å². The normalized spacial score (nSPS) is 10.3. The van der Waals surface area contributed by atoms with Crippen molar-refractivity contribution in [2.75, 3.05) is 11.9 Å². The van der Waals surface area contributed by atoms with Crippen LogP contribution >= 0.6 is 0 Å². The number of hydrogen-bond donors (Lipinski definition) is 1. The van der Waals surface area contributed by atoms with Crippen LogP contribution < -0.4 is 5.32 Å². The molecule has 2 rings (SSSR count). The standard InChI is InChI=1S/C18H18FNO3/c1-11-4-5-16(15(19)9-11)20-17(21)10-23-18(22)14-7-12(2)6-13(3)8-14/h4-9H,10H2,1-3H3,(H,20,21). The van der Waals surface area contributed by atoms with Gasteiger partial charge < -0.3 is 10.1 Å². The lowest BCUT2D eigenvalue weighted by molar-refractivity contribution is -0.119. The maximum Gasteiger partial charge on any atom is 0.338 e. The van der Waals surface area contributed by atoms with Crippen molar-refractivity contribution < 1.29 is 18.7 Å². The van der Waals surface area contributed by atoms with E-state index >= 15 is 0 Å². The Labute approximate surface area is 134 Å². The minimum Gasteiger partial charge on any atom is -0.452 e. The molecule has 1 amide bonds. The first-order chi connectivity index (χ1) is 10.8. The predicted octanol–water partition coefficient (Wildman–Crippen LogP) is 3.55. The summed E-state index contributed by atoms with van der Waals surface area (Å²) in [5, 5.41) is 2.38. The fourth-order valence-corrected chi connectivity index (χ4v) is 2.21. The molecule has 0 saturated heterocycles. The molecule has 0 bridgehead atoms. The van der Waals surface area contributed by atoms with Gasteiger partial charge in [-0.1, -0.05) is 23.3 Å². The van der Waals surface area contributed by atoms with Gasteiger partial charge in [0.1, 0.15) is 5.82 Å². The van der Waals surface area contributed by atoms with Crippen molar-refractivity contribution in [2.45, 2.75) is 20.8 Å². The number of carbonyl (C=O) groups is 2. The largest absolute Gasteiger partial charge is 0.452 e. The van der Waals surface area contributed by atoms with Crippen LogP contribution in [-0.4, -0.2) is 18.5 Å². The zero-order valence-electron chi connectivity index (χ0n) is 13.3. The summed E-state index contributed by atoms with van der Waals surface area (Å²) in [6, 6.07) is 9.77. The summed E-state index contributed by atoms with van der Waals surface area (Å²) >= 11 is 0. The van der Waals surface area contributed by atoms with Gasteiger partial charge in [-0.2, -0.15) is 0 Å². The molecular weight excluding hydrogens is 297 g/mol. The maximum atomic E-state index is 13.6. The fourth-order valence-electron chi connectivity index (χ4n) is 2.21. The summed E-state index contributed by atoms with van der Waals surface area (Å²) in [6.07, 6.45) is 0. The molecule has 5 heteroatoms. The fraction of sp³-hybridized carbons (Fsp3) is 0.222. The van der Waals surface area contributed by atoms with Crippen LogP contribution in [0, 0.1) is 26.6 Å². The van der Waals surface area contributed by atoms with Crippen molar-refractivity contribution in [1.29, 1.82) is 0 Å². The maximum absolute atomic E-state index is 13.6. The summed E-state index contributed by atoms with van der Waals surface area (Å²) in [7, 11) is 0. The second-order valence-corrected chi connectivity index (χ2v) is 5.48. The number of carbonyl (C=O) groups excluding carboxylic acids is 2. The highest BCUT2D eigenvalue weighted by Crippen LogP contribution is 2.15. The summed E-state index contributed by atoms with van der Waals surface area (Å²) in [5.41, 5.74) is 3.06. The van der Waals surface area contributed by atoms with E-state index in [1.54, 1.807) is 25.1 Å². The molecule has 0 heterocycles. The molecule has 1 N–H and O–H groups in total. The molecule has 0 aromatic heterocycles. The van der Waals surface area contributed by atoms with E-state index in [0.717, 1.165) is 16.7 Å². The van der Waals surface area contributed by atoms with Crippen LogP contribution in [0.2, 0.25) is 0 Å². The number of esters is 1. The summed E-state index contributed by atoms with van der Waals surface area (Å²) in [5.74, 6) is -1.71. The molecule has 0 aliphatic heterocycles. The number of rotatable bonds is 4. The van der Waals surface area contributed by atoms with Gasteiger partial charge in [-0.05, 0) is 50.6 Å². The first kappa shape index (κ1) is 16.7. The monoisotopic (exact) mass is 315 g/mol. The van der Waals surface area contributed by atoms with Gasteiger partial charge in [-0.25, -0.2) is 9.18 Å². The van der Waals surface area contributed by atoms with Gasteiger partial charge in [-0.15, -0.1) is 0 Å². The third-order valence-corrected chi connectivity index (χ3v) is 3.19. The molecule has 0 fully saturated rings. The van der Waals surface area contributed by atoms with Gasteiger partial charge in [0.05, 0.1) is 11.3 Å². The van der Waals surface area contributed by atoms with Crippen LogP contribution in [0.25, 0.3) is 0 Å². The second kappa shape index (κ2) is 7.05. The number of benzene rings is 2. The topological polar surface area (TPSA) is 55.4 Å². The van der Waals surface area contributed by atoms with Crippen LogP contribution in [-0.2, 0) is 9.53 Å². The van der Waals surface area contributed by atoms with Gasteiger partial charge in [0.2, 0.25) is 0 Å². The number of halogens is 1. The van der Waals surface area contributed by atoms with E-state index in [9.17, 15) is 14.0 Å². The Balaban J connectivity index is 1.94. The highest BCUT2D eigenvalue weighted by Gasteiger charge is 2.12. The van der Waals surface area contributed by atoms with Crippen molar-refractivity contribution in [3.05, 3.63) is 64.5 Å². The molecule has 0 unspecified atom stereocenters. The molecule has 23 heavy (non-hydrogen) atoms. The third-order valence-electron chi connectivity index (χ3n) is 3.19. The number of amides is 1. The minimum atomic E-state index is -0.592. The van der Waals surface area contributed by atoms with E-state index < -0.39 is 24.3 Å². The lowest BCUT2D eigenvalue weighted by Crippen LogP contribution is -2.21. The lowest BCUT2D eigenvalue weighted by Gasteiger charge is -2.08. The highest BCUT2D eigenvalue weighted by molar-refractivity contribution is 5.95. The van der Waals surface area contributed by atoms with Crippen molar-refractivity contribution in [1.82, 2.24) is 0 Å². The van der Waals surface area contributed by atoms with Crippen molar-refractivity contribution in [2.24, 2.45) is 0 Å². The van der Waals surface area contributed by atoms with Gasteiger partial charge in [0.25, 0.3) is 5.91 Å². The zero-order chi connectivity index (χ0) is 17.0. The molecule has 120 valence electrons. The quantitative estimate of drug-likeness (QED) is 0.878. The summed E-state index contributed by atoms with van der Waals surface area (Å²) in [4.78, 5) is 23.7. The Hall–Kier alpha value is -2.69. The Morgan fingerprint density at radius 3 is 2.26 bits per heavy atom. The molecule has 2 aromatic rings. The van der Waals surface area contributed by atoms with E-state index in [1.165, 1.54) is 12.1 Å². The summed E-state index contributed by atoms with van der Waals surface area (Å²) in [6.45, 7) is 5.02. The van der Waals surface area contributed by atoms with E-state index in [-0.39, 0.29) is 5.69 Å². The average Bonchev–Trinajstić information content (AvgIpc) is 2.46. The molecule has 0 radical (unpaired) electrons. The SMILES string of the molecule is Cc1cc(C)cc(C(=O)OCC(=O)Nc2ccc(C)cc2F)c1. The Morgan fingerprint density at radius 2 is 1.65 bits per heavy atom. The van der Waals surface area contributed by atoms with E-state index in [0.29, 0.717) is 5.56 Å². The van der Waals surface area contributed by atoms with Crippen LogP contribution in [0.1, 0.15) is 27.0 Å². The van der Waals surface area contributed by atoms with Crippen LogP contribution in [0.3, 0.4) is 0 Å². The molecule has 0 saturated carbocycles. The number of anilines is 1. The first-order valence-corrected chi connectivity index (χ1v) is 7.16. The second-order valence-electron chi connectivity index (χ2n) is 5.48. The minimum absolute atomic E-state index is 0.0584. The van der Waals surface area contributed by atoms with Crippen molar-refractivity contribution in [3.63, 3.8) is 0 Å². The van der Waals surface area contributed by atoms with E-state index in [4.69, 9.17) is 4.74 Å². The first-order valence-electron chi connectivity index (χ1n) is 7.16. The lowest BCUT2D eigenvalue weighted by atomic mass is 10.1. The Bertz CT molecular complexity index is 736.